The maximum atomic E-state index is 11.9. The summed E-state index contributed by atoms with van der Waals surface area (Å²) in [5, 5.41) is 25.6. The second-order valence-corrected chi connectivity index (χ2v) is 5.89. The van der Waals surface area contributed by atoms with Crippen LogP contribution >= 0.6 is 0 Å². The maximum absolute atomic E-state index is 11.9. The van der Waals surface area contributed by atoms with E-state index in [1.54, 1.807) is 23.1 Å². The molecule has 112 valence electrons. The van der Waals surface area contributed by atoms with Crippen molar-refractivity contribution in [2.75, 3.05) is 5.32 Å². The first-order valence-electron chi connectivity index (χ1n) is 6.61. The lowest BCUT2D eigenvalue weighted by atomic mass is 10.1. The van der Waals surface area contributed by atoms with Gasteiger partial charge in [0, 0.05) is 6.20 Å². The van der Waals surface area contributed by atoms with Gasteiger partial charge in [0.15, 0.2) is 11.5 Å². The van der Waals surface area contributed by atoms with Gasteiger partial charge in [-0.2, -0.15) is 5.10 Å². The van der Waals surface area contributed by atoms with Gasteiger partial charge in [-0.3, -0.25) is 9.48 Å². The smallest absolute Gasteiger partial charge is 0.228 e. The van der Waals surface area contributed by atoms with Gasteiger partial charge < -0.3 is 15.5 Å². The van der Waals surface area contributed by atoms with Crippen LogP contribution in [0.25, 0.3) is 0 Å². The Labute approximate surface area is 123 Å². The van der Waals surface area contributed by atoms with E-state index in [2.05, 4.69) is 10.4 Å². The zero-order valence-corrected chi connectivity index (χ0v) is 12.3. The molecule has 0 aliphatic carbocycles. The number of nitrogens with one attached hydrogen (secondary N) is 1. The fourth-order valence-corrected chi connectivity index (χ4v) is 1.82. The van der Waals surface area contributed by atoms with E-state index in [0.29, 0.717) is 11.3 Å². The summed E-state index contributed by atoms with van der Waals surface area (Å²) in [4.78, 5) is 11.9. The number of carbonyl (C=O) groups excluding carboxylic acids is 1. The molecule has 3 N–H and O–H groups in total. The molecule has 2 aromatic rings. The lowest BCUT2D eigenvalue weighted by Gasteiger charge is -2.18. The summed E-state index contributed by atoms with van der Waals surface area (Å²) >= 11 is 0. The van der Waals surface area contributed by atoms with Crippen molar-refractivity contribution < 1.29 is 15.0 Å². The van der Waals surface area contributed by atoms with Crippen LogP contribution in [-0.4, -0.2) is 25.9 Å². The molecule has 0 atom stereocenters. The number of hydrogen-bond donors (Lipinski definition) is 3. The zero-order chi connectivity index (χ0) is 15.6. The van der Waals surface area contributed by atoms with Crippen molar-refractivity contribution >= 4 is 11.6 Å². The highest BCUT2D eigenvalue weighted by molar-refractivity contribution is 5.92. The van der Waals surface area contributed by atoms with E-state index in [1.807, 2.05) is 20.8 Å². The van der Waals surface area contributed by atoms with Crippen LogP contribution in [0.2, 0.25) is 0 Å². The third-order valence-corrected chi connectivity index (χ3v) is 2.96. The Kier molecular flexibility index (Phi) is 3.88. The number of rotatable bonds is 3. The van der Waals surface area contributed by atoms with Crippen LogP contribution in [0.15, 0.2) is 30.6 Å². The minimum absolute atomic E-state index is 0.106. The van der Waals surface area contributed by atoms with E-state index in [9.17, 15) is 15.0 Å². The molecule has 6 nitrogen and oxygen atoms in total. The number of aromatic hydroxyl groups is 2. The number of benzene rings is 1. The van der Waals surface area contributed by atoms with Gasteiger partial charge in [-0.25, -0.2) is 0 Å². The summed E-state index contributed by atoms with van der Waals surface area (Å²) in [5.74, 6) is -0.653. The largest absolute Gasteiger partial charge is 0.504 e. The molecule has 6 heteroatoms. The van der Waals surface area contributed by atoms with Gasteiger partial charge in [-0.15, -0.1) is 0 Å². The molecule has 21 heavy (non-hydrogen) atoms. The van der Waals surface area contributed by atoms with Crippen molar-refractivity contribution in [2.45, 2.75) is 32.7 Å². The van der Waals surface area contributed by atoms with Gasteiger partial charge in [-0.1, -0.05) is 6.07 Å². The van der Waals surface area contributed by atoms with E-state index < -0.39 is 0 Å². The number of nitrogens with zero attached hydrogens (tertiary/aromatic N) is 2. The van der Waals surface area contributed by atoms with Crippen molar-refractivity contribution in [1.29, 1.82) is 0 Å². The van der Waals surface area contributed by atoms with Crippen LogP contribution < -0.4 is 5.32 Å². The molecule has 0 saturated heterocycles. The van der Waals surface area contributed by atoms with Crippen LogP contribution in [0, 0.1) is 0 Å². The Morgan fingerprint density at radius 2 is 2.00 bits per heavy atom. The Balaban J connectivity index is 2.01. The van der Waals surface area contributed by atoms with Crippen LogP contribution in [0.1, 0.15) is 26.3 Å². The lowest BCUT2D eigenvalue weighted by Crippen LogP contribution is -2.22. The quantitative estimate of drug-likeness (QED) is 0.756. The van der Waals surface area contributed by atoms with E-state index in [0.717, 1.165) is 0 Å². The fourth-order valence-electron chi connectivity index (χ4n) is 1.82. The molecule has 1 aromatic heterocycles. The topological polar surface area (TPSA) is 87.4 Å². The van der Waals surface area contributed by atoms with Gasteiger partial charge >= 0.3 is 0 Å². The summed E-state index contributed by atoms with van der Waals surface area (Å²) in [6.07, 6.45) is 3.47. The first-order valence-corrected chi connectivity index (χ1v) is 6.61. The second-order valence-electron chi connectivity index (χ2n) is 5.89. The van der Waals surface area contributed by atoms with Crippen molar-refractivity contribution in [3.63, 3.8) is 0 Å². The highest BCUT2D eigenvalue weighted by Crippen LogP contribution is 2.25. The summed E-state index contributed by atoms with van der Waals surface area (Å²) in [5.41, 5.74) is 1.09. The Morgan fingerprint density at radius 3 is 2.57 bits per heavy atom. The van der Waals surface area contributed by atoms with E-state index in [1.165, 1.54) is 12.1 Å². The van der Waals surface area contributed by atoms with E-state index in [-0.39, 0.29) is 29.4 Å². The maximum Gasteiger partial charge on any atom is 0.228 e. The van der Waals surface area contributed by atoms with Gasteiger partial charge in [-0.05, 0) is 38.5 Å². The molecular weight excluding hydrogens is 270 g/mol. The van der Waals surface area contributed by atoms with Crippen LogP contribution in [-0.2, 0) is 16.8 Å². The second kappa shape index (κ2) is 5.47. The molecule has 1 aromatic carbocycles. The average Bonchev–Trinajstić information content (AvgIpc) is 2.82. The number of phenolic OH excluding ortho intramolecular Hbond substituents is 2. The van der Waals surface area contributed by atoms with Gasteiger partial charge in [0.1, 0.15) is 0 Å². The Hall–Kier alpha value is -2.50. The molecule has 0 unspecified atom stereocenters. The number of hydrogen-bond acceptors (Lipinski definition) is 4. The predicted octanol–water partition coefficient (Wildman–Crippen LogP) is 2.23. The summed E-state index contributed by atoms with van der Waals surface area (Å²) in [7, 11) is 0. The SMILES string of the molecule is CC(C)(C)n1cc(NC(=O)Cc2ccc(O)c(O)c2)cn1. The predicted molar refractivity (Wildman–Crippen MR) is 79.3 cm³/mol. The van der Waals surface area contributed by atoms with Crippen molar-refractivity contribution in [3.05, 3.63) is 36.2 Å². The molecule has 1 amide bonds. The standard InChI is InChI=1S/C15H19N3O3/c1-15(2,3)18-9-11(8-16-18)17-14(21)7-10-4-5-12(19)13(20)6-10/h4-6,8-9,19-20H,7H2,1-3H3,(H,17,21). The number of aromatic nitrogens is 2. The molecule has 0 saturated carbocycles. The van der Waals surface area contributed by atoms with Crippen LogP contribution in [0.3, 0.4) is 0 Å². The Bertz CT molecular complexity index is 656. The summed E-state index contributed by atoms with van der Waals surface area (Å²) < 4.78 is 1.77. The van der Waals surface area contributed by atoms with Gasteiger partial charge in [0.05, 0.1) is 23.8 Å². The third-order valence-electron chi connectivity index (χ3n) is 2.96. The minimum Gasteiger partial charge on any atom is -0.504 e. The van der Waals surface area contributed by atoms with Crippen molar-refractivity contribution in [1.82, 2.24) is 9.78 Å². The number of amides is 1. The zero-order valence-electron chi connectivity index (χ0n) is 12.3. The van der Waals surface area contributed by atoms with E-state index >= 15 is 0 Å². The average molecular weight is 289 g/mol. The Morgan fingerprint density at radius 1 is 1.29 bits per heavy atom. The molecule has 0 fully saturated rings. The van der Waals surface area contributed by atoms with Crippen molar-refractivity contribution in [2.24, 2.45) is 0 Å². The highest BCUT2D eigenvalue weighted by Gasteiger charge is 2.15. The van der Waals surface area contributed by atoms with Gasteiger partial charge in [0.2, 0.25) is 5.91 Å². The molecular formula is C15H19N3O3. The fraction of sp³-hybridized carbons (Fsp3) is 0.333. The first kappa shape index (κ1) is 14.9. The van der Waals surface area contributed by atoms with Crippen molar-refractivity contribution in [3.8, 4) is 11.5 Å². The monoisotopic (exact) mass is 289 g/mol. The number of phenols is 2. The summed E-state index contributed by atoms with van der Waals surface area (Å²) in [6.45, 7) is 6.06. The molecule has 0 spiro atoms. The highest BCUT2D eigenvalue weighted by atomic mass is 16.3. The molecule has 0 aliphatic heterocycles. The number of anilines is 1. The van der Waals surface area contributed by atoms with Gasteiger partial charge in [0.25, 0.3) is 0 Å². The van der Waals surface area contributed by atoms with E-state index in [4.69, 9.17) is 0 Å². The van der Waals surface area contributed by atoms with Crippen LogP contribution in [0.4, 0.5) is 5.69 Å². The normalized spacial score (nSPS) is 11.4. The summed E-state index contributed by atoms with van der Waals surface area (Å²) in [6, 6.07) is 4.32. The first-order chi connectivity index (χ1) is 9.75. The van der Waals surface area contributed by atoms with Crippen LogP contribution in [0.5, 0.6) is 11.5 Å². The number of carbonyl (C=O) groups is 1. The minimum atomic E-state index is -0.235. The third kappa shape index (κ3) is 3.75. The molecule has 0 bridgehead atoms. The molecule has 1 heterocycles. The molecule has 0 radical (unpaired) electrons. The lowest BCUT2D eigenvalue weighted by molar-refractivity contribution is -0.115. The molecule has 0 aliphatic rings. The molecule has 2 rings (SSSR count).